The zero-order valence-corrected chi connectivity index (χ0v) is 11.4. The molecule has 1 heterocycles. The van der Waals surface area contributed by atoms with E-state index in [-0.39, 0.29) is 11.8 Å². The molecule has 0 unspecified atom stereocenters. The summed E-state index contributed by atoms with van der Waals surface area (Å²) >= 11 is 0. The zero-order valence-electron chi connectivity index (χ0n) is 11.4. The Morgan fingerprint density at radius 3 is 2.28 bits per heavy atom. The quantitative estimate of drug-likeness (QED) is 0.425. The monoisotopic (exact) mass is 247 g/mol. The maximum atomic E-state index is 12.1. The first-order valence-electron chi connectivity index (χ1n) is 6.53. The first-order chi connectivity index (χ1) is 8.67. The fourth-order valence-electron chi connectivity index (χ4n) is 1.97. The Balaban J connectivity index is 2.91. The molecule has 0 atom stereocenters. The van der Waals surface area contributed by atoms with Gasteiger partial charge < -0.3 is 0 Å². The van der Waals surface area contributed by atoms with Gasteiger partial charge in [0.2, 0.25) is 0 Å². The summed E-state index contributed by atoms with van der Waals surface area (Å²) in [6.45, 7) is 6.30. The fourth-order valence-corrected chi connectivity index (χ4v) is 1.97. The molecule has 0 aromatic carbocycles. The van der Waals surface area contributed by atoms with E-state index in [4.69, 9.17) is 0 Å². The average molecular weight is 247 g/mol. The van der Waals surface area contributed by atoms with Crippen LogP contribution in [0.15, 0.2) is 35.5 Å². The van der Waals surface area contributed by atoms with Crippen molar-refractivity contribution in [3.05, 3.63) is 35.5 Å². The number of carbonyl (C=O) groups excluding carboxylic acids is 2. The third-order valence-corrected chi connectivity index (χ3v) is 2.97. The van der Waals surface area contributed by atoms with Crippen LogP contribution in [0.25, 0.3) is 0 Å². The molecule has 2 amide bonds. The first-order valence-corrected chi connectivity index (χ1v) is 6.53. The predicted octanol–water partition coefficient (Wildman–Crippen LogP) is 2.99. The van der Waals surface area contributed by atoms with Crippen LogP contribution in [0.3, 0.4) is 0 Å². The van der Waals surface area contributed by atoms with Crippen molar-refractivity contribution in [3.63, 3.8) is 0 Å². The first kappa shape index (κ1) is 14.4. The Bertz CT molecular complexity index is 416. The Morgan fingerprint density at radius 2 is 1.72 bits per heavy atom. The van der Waals surface area contributed by atoms with E-state index in [0.29, 0.717) is 17.7 Å². The van der Waals surface area contributed by atoms with Gasteiger partial charge in [-0.2, -0.15) is 0 Å². The summed E-state index contributed by atoms with van der Waals surface area (Å²) in [6, 6.07) is 0. The highest BCUT2D eigenvalue weighted by Crippen LogP contribution is 2.25. The van der Waals surface area contributed by atoms with E-state index in [1.807, 2.05) is 13.0 Å². The summed E-state index contributed by atoms with van der Waals surface area (Å²) in [6.07, 6.45) is 10.1. The van der Waals surface area contributed by atoms with Crippen molar-refractivity contribution in [2.45, 2.75) is 40.0 Å². The lowest BCUT2D eigenvalue weighted by Gasteiger charge is -2.12. The molecule has 3 nitrogen and oxygen atoms in total. The van der Waals surface area contributed by atoms with Gasteiger partial charge in [0.15, 0.2) is 0 Å². The molecule has 18 heavy (non-hydrogen) atoms. The van der Waals surface area contributed by atoms with Crippen molar-refractivity contribution >= 4 is 11.8 Å². The molecule has 1 aliphatic rings. The van der Waals surface area contributed by atoms with E-state index in [2.05, 4.69) is 6.92 Å². The largest absolute Gasteiger partial charge is 0.274 e. The summed E-state index contributed by atoms with van der Waals surface area (Å²) in [5, 5.41) is 0. The normalized spacial score (nSPS) is 20.9. The highest BCUT2D eigenvalue weighted by molar-refractivity contribution is 6.24. The summed E-state index contributed by atoms with van der Waals surface area (Å²) in [5.74, 6) is -0.323. The summed E-state index contributed by atoms with van der Waals surface area (Å²) in [4.78, 5) is 25.6. The molecule has 0 saturated carbocycles. The maximum absolute atomic E-state index is 12.1. The fraction of sp³-hybridized carbons (Fsp3) is 0.467. The number of allylic oxidation sites excluding steroid dienone is 4. The molecule has 0 aromatic heterocycles. The molecule has 1 fully saturated rings. The van der Waals surface area contributed by atoms with E-state index < -0.39 is 0 Å². The van der Waals surface area contributed by atoms with Crippen LogP contribution in [-0.2, 0) is 9.59 Å². The van der Waals surface area contributed by atoms with Crippen LogP contribution in [0.1, 0.15) is 40.0 Å². The molecule has 0 radical (unpaired) electrons. The number of likely N-dealkylation sites (tertiary alicyclic amines) is 1. The average Bonchev–Trinajstić information content (AvgIpc) is 2.59. The van der Waals surface area contributed by atoms with E-state index in [9.17, 15) is 9.59 Å². The molecule has 1 saturated heterocycles. The van der Waals surface area contributed by atoms with Gasteiger partial charge in [-0.25, -0.2) is 0 Å². The van der Waals surface area contributed by atoms with E-state index in [0.717, 1.165) is 19.3 Å². The van der Waals surface area contributed by atoms with Crippen LogP contribution in [-0.4, -0.2) is 23.3 Å². The number of imide groups is 1. The van der Waals surface area contributed by atoms with E-state index in [1.165, 1.54) is 4.90 Å². The molecule has 0 N–H and O–H groups in total. The van der Waals surface area contributed by atoms with Crippen LogP contribution in [0.5, 0.6) is 0 Å². The molecule has 3 heteroatoms. The lowest BCUT2D eigenvalue weighted by Crippen LogP contribution is -2.30. The second-order valence-electron chi connectivity index (χ2n) is 4.28. The van der Waals surface area contributed by atoms with E-state index >= 15 is 0 Å². The van der Waals surface area contributed by atoms with Crippen LogP contribution >= 0.6 is 0 Å². The highest BCUT2D eigenvalue weighted by Gasteiger charge is 2.37. The summed E-state index contributed by atoms with van der Waals surface area (Å²) in [5.41, 5.74) is 1.03. The van der Waals surface area contributed by atoms with Crippen LogP contribution in [0.4, 0.5) is 0 Å². The van der Waals surface area contributed by atoms with Gasteiger partial charge in [0.1, 0.15) is 0 Å². The lowest BCUT2D eigenvalue weighted by molar-refractivity contribution is -0.136. The number of rotatable bonds is 5. The number of hydrogen-bond donors (Lipinski definition) is 0. The Morgan fingerprint density at radius 1 is 1.06 bits per heavy atom. The molecular weight excluding hydrogens is 226 g/mol. The van der Waals surface area contributed by atoms with Crippen molar-refractivity contribution in [2.24, 2.45) is 0 Å². The molecule has 98 valence electrons. The van der Waals surface area contributed by atoms with Gasteiger partial charge in [-0.15, -0.1) is 0 Å². The number of carbonyl (C=O) groups is 2. The molecule has 1 aliphatic heterocycles. The Hall–Kier alpha value is -1.64. The Labute approximate surface area is 109 Å². The minimum Gasteiger partial charge on any atom is -0.274 e. The molecule has 0 aromatic rings. The number of hydrogen-bond acceptors (Lipinski definition) is 2. The van der Waals surface area contributed by atoms with Gasteiger partial charge in [0.05, 0.1) is 5.57 Å². The van der Waals surface area contributed by atoms with Gasteiger partial charge >= 0.3 is 0 Å². The van der Waals surface area contributed by atoms with Gasteiger partial charge in [-0.1, -0.05) is 38.0 Å². The summed E-state index contributed by atoms with van der Waals surface area (Å²) in [7, 11) is 0. The van der Waals surface area contributed by atoms with Crippen molar-refractivity contribution in [3.8, 4) is 0 Å². The third-order valence-electron chi connectivity index (χ3n) is 2.97. The smallest absolute Gasteiger partial charge is 0.261 e. The second kappa shape index (κ2) is 6.94. The van der Waals surface area contributed by atoms with Crippen molar-refractivity contribution in [1.82, 2.24) is 4.90 Å². The van der Waals surface area contributed by atoms with Crippen LogP contribution in [0, 0.1) is 0 Å². The molecular formula is C15H21NO2. The predicted molar refractivity (Wildman–Crippen MR) is 72.9 cm³/mol. The molecule has 0 spiro atoms. The maximum Gasteiger partial charge on any atom is 0.261 e. The summed E-state index contributed by atoms with van der Waals surface area (Å²) < 4.78 is 0. The minimum atomic E-state index is -0.165. The molecule has 0 bridgehead atoms. The zero-order chi connectivity index (χ0) is 13.5. The van der Waals surface area contributed by atoms with Gasteiger partial charge in [-0.05, 0) is 26.3 Å². The number of amides is 2. The minimum absolute atomic E-state index is 0.158. The van der Waals surface area contributed by atoms with Crippen LogP contribution in [0.2, 0.25) is 0 Å². The molecule has 0 aliphatic carbocycles. The topological polar surface area (TPSA) is 37.4 Å². The Kier molecular flexibility index (Phi) is 5.56. The molecule has 1 rings (SSSR count). The second-order valence-corrected chi connectivity index (χ2v) is 4.28. The number of nitrogens with zero attached hydrogens (tertiary/aromatic N) is 1. The van der Waals surface area contributed by atoms with Gasteiger partial charge in [0.25, 0.3) is 11.8 Å². The highest BCUT2D eigenvalue weighted by atomic mass is 16.2. The lowest BCUT2D eigenvalue weighted by atomic mass is 10.1. The van der Waals surface area contributed by atoms with Crippen molar-refractivity contribution in [2.75, 3.05) is 6.54 Å². The standard InChI is InChI=1S/C15H21NO2/c1-4-7-9-11-16-14(17)12(6-3)13(15(16)18)10-8-5-2/h5-6,8,10H,4,7,9,11H2,1-3H3/b8-5-,12-6+,13-10+. The number of unbranched alkanes of at least 4 members (excludes halogenated alkanes) is 2. The van der Waals surface area contributed by atoms with Gasteiger partial charge in [0, 0.05) is 12.1 Å². The SMILES string of the molecule is C\C=C/C=C1/C(=O)N(CCCCC)C(=O)/C1=C/C. The van der Waals surface area contributed by atoms with Crippen molar-refractivity contribution in [1.29, 1.82) is 0 Å². The van der Waals surface area contributed by atoms with Crippen molar-refractivity contribution < 1.29 is 9.59 Å². The third kappa shape index (κ3) is 2.97. The van der Waals surface area contributed by atoms with Gasteiger partial charge in [-0.3, -0.25) is 14.5 Å². The van der Waals surface area contributed by atoms with E-state index in [1.54, 1.807) is 25.2 Å². The van der Waals surface area contributed by atoms with Crippen LogP contribution < -0.4 is 0 Å².